The highest BCUT2D eigenvalue weighted by Crippen LogP contribution is 2.16. The van der Waals surface area contributed by atoms with Gasteiger partial charge in [0.05, 0.1) is 19.0 Å². The number of carbonyl (C=O) groups excluding carboxylic acids is 1. The van der Waals surface area contributed by atoms with E-state index < -0.39 is 6.09 Å². The number of aromatic nitrogens is 1. The number of hydrogen-bond donors (Lipinski definition) is 1. The van der Waals surface area contributed by atoms with Gasteiger partial charge in [-0.2, -0.15) is 0 Å². The molecule has 0 saturated carbocycles. The van der Waals surface area contributed by atoms with Crippen LogP contribution < -0.4 is 10.2 Å². The molecule has 0 radical (unpaired) electrons. The molecule has 5 nitrogen and oxygen atoms in total. The molecule has 0 spiro atoms. The van der Waals surface area contributed by atoms with Crippen molar-refractivity contribution in [2.75, 3.05) is 23.9 Å². The topological polar surface area (TPSA) is 54.5 Å². The molecular formula is C16H19N3O2. The Morgan fingerprint density at radius 3 is 2.57 bits per heavy atom. The molecule has 2 aromatic rings. The molecule has 0 atom stereocenters. The Hall–Kier alpha value is -2.56. The van der Waals surface area contributed by atoms with Crippen molar-refractivity contribution >= 4 is 17.6 Å². The highest BCUT2D eigenvalue weighted by molar-refractivity contribution is 5.84. The average Bonchev–Trinajstić information content (AvgIpc) is 2.54. The average molecular weight is 285 g/mol. The smallest absolute Gasteiger partial charge is 0.411 e. The maximum absolute atomic E-state index is 11.1. The summed E-state index contributed by atoms with van der Waals surface area (Å²) < 4.78 is 4.54. The van der Waals surface area contributed by atoms with E-state index in [1.807, 2.05) is 30.3 Å². The molecule has 0 saturated heterocycles. The molecule has 1 N–H and O–H groups in total. The lowest BCUT2D eigenvalue weighted by atomic mass is 10.2. The van der Waals surface area contributed by atoms with Gasteiger partial charge in [0.25, 0.3) is 0 Å². The van der Waals surface area contributed by atoms with Crippen molar-refractivity contribution in [3.63, 3.8) is 0 Å². The van der Waals surface area contributed by atoms with E-state index in [4.69, 9.17) is 0 Å². The van der Waals surface area contributed by atoms with Crippen LogP contribution in [-0.4, -0.2) is 24.7 Å². The number of rotatable bonds is 5. The molecule has 0 aliphatic heterocycles. The molecule has 0 unspecified atom stereocenters. The maximum Gasteiger partial charge on any atom is 0.411 e. The van der Waals surface area contributed by atoms with Crippen LogP contribution in [0.25, 0.3) is 0 Å². The molecule has 0 aliphatic carbocycles. The highest BCUT2D eigenvalue weighted by atomic mass is 16.5. The number of benzene rings is 1. The van der Waals surface area contributed by atoms with Gasteiger partial charge in [0, 0.05) is 13.1 Å². The molecule has 1 aromatic carbocycles. The van der Waals surface area contributed by atoms with E-state index in [1.165, 1.54) is 12.7 Å². The van der Waals surface area contributed by atoms with E-state index in [0.717, 1.165) is 18.9 Å². The van der Waals surface area contributed by atoms with Crippen LogP contribution in [0.3, 0.4) is 0 Å². The molecule has 21 heavy (non-hydrogen) atoms. The lowest BCUT2D eigenvalue weighted by molar-refractivity contribution is 0.187. The monoisotopic (exact) mass is 285 g/mol. The van der Waals surface area contributed by atoms with E-state index >= 15 is 0 Å². The minimum absolute atomic E-state index is 0.499. The second kappa shape index (κ2) is 7.28. The fraction of sp³-hybridized carbons (Fsp3) is 0.250. The van der Waals surface area contributed by atoms with Gasteiger partial charge < -0.3 is 9.64 Å². The number of amides is 1. The maximum atomic E-state index is 11.1. The standard InChI is InChI=1S/C16H19N3O2/c1-3-19(12-13-7-5-4-6-8-13)15-10-9-14(11-17-15)18-16(20)21-2/h4-11H,3,12H2,1-2H3,(H,18,20). The Balaban J connectivity index is 2.06. The van der Waals surface area contributed by atoms with Crippen LogP contribution >= 0.6 is 0 Å². The Kier molecular flexibility index (Phi) is 5.15. The Morgan fingerprint density at radius 1 is 1.24 bits per heavy atom. The van der Waals surface area contributed by atoms with Crippen LogP contribution in [0.5, 0.6) is 0 Å². The summed E-state index contributed by atoms with van der Waals surface area (Å²) in [5, 5.41) is 2.58. The Morgan fingerprint density at radius 2 is 2.00 bits per heavy atom. The molecule has 1 aromatic heterocycles. The predicted molar refractivity (Wildman–Crippen MR) is 83.4 cm³/mol. The predicted octanol–water partition coefficient (Wildman–Crippen LogP) is 3.29. The lowest BCUT2D eigenvalue weighted by Gasteiger charge is -2.22. The summed E-state index contributed by atoms with van der Waals surface area (Å²) in [6, 6.07) is 13.9. The number of nitrogens with zero attached hydrogens (tertiary/aromatic N) is 2. The molecule has 0 bridgehead atoms. The quantitative estimate of drug-likeness (QED) is 0.916. The summed E-state index contributed by atoms with van der Waals surface area (Å²) in [5.41, 5.74) is 1.85. The SMILES string of the molecule is CCN(Cc1ccccc1)c1ccc(NC(=O)OC)cn1. The molecule has 1 amide bonds. The minimum Gasteiger partial charge on any atom is -0.453 e. The van der Waals surface area contributed by atoms with Gasteiger partial charge in [-0.25, -0.2) is 9.78 Å². The first-order chi connectivity index (χ1) is 10.2. The van der Waals surface area contributed by atoms with Crippen molar-refractivity contribution in [1.29, 1.82) is 0 Å². The summed E-state index contributed by atoms with van der Waals surface area (Å²) in [5.74, 6) is 0.872. The fourth-order valence-electron chi connectivity index (χ4n) is 1.97. The third-order valence-electron chi connectivity index (χ3n) is 3.10. The number of hydrogen-bond acceptors (Lipinski definition) is 4. The van der Waals surface area contributed by atoms with Crippen LogP contribution in [0.15, 0.2) is 48.7 Å². The van der Waals surface area contributed by atoms with Gasteiger partial charge in [-0.1, -0.05) is 30.3 Å². The van der Waals surface area contributed by atoms with Crippen molar-refractivity contribution in [2.45, 2.75) is 13.5 Å². The van der Waals surface area contributed by atoms with E-state index in [2.05, 4.69) is 39.0 Å². The zero-order chi connectivity index (χ0) is 15.1. The summed E-state index contributed by atoms with van der Waals surface area (Å²) in [6.45, 7) is 3.74. The van der Waals surface area contributed by atoms with Crippen molar-refractivity contribution in [1.82, 2.24) is 4.98 Å². The van der Waals surface area contributed by atoms with E-state index in [-0.39, 0.29) is 0 Å². The first kappa shape index (κ1) is 14.8. The van der Waals surface area contributed by atoms with Crippen molar-refractivity contribution in [3.8, 4) is 0 Å². The largest absolute Gasteiger partial charge is 0.453 e. The van der Waals surface area contributed by atoms with Gasteiger partial charge >= 0.3 is 6.09 Å². The third-order valence-corrected chi connectivity index (χ3v) is 3.10. The fourth-order valence-corrected chi connectivity index (χ4v) is 1.97. The lowest BCUT2D eigenvalue weighted by Crippen LogP contribution is -2.23. The van der Waals surface area contributed by atoms with E-state index in [9.17, 15) is 4.79 Å². The molecule has 0 aliphatic rings. The first-order valence-electron chi connectivity index (χ1n) is 6.83. The number of nitrogens with one attached hydrogen (secondary N) is 1. The number of carbonyl (C=O) groups is 1. The number of anilines is 2. The zero-order valence-corrected chi connectivity index (χ0v) is 12.2. The van der Waals surface area contributed by atoms with Gasteiger partial charge in [-0.15, -0.1) is 0 Å². The van der Waals surface area contributed by atoms with Crippen LogP contribution in [0.4, 0.5) is 16.3 Å². The van der Waals surface area contributed by atoms with E-state index in [0.29, 0.717) is 5.69 Å². The summed E-state index contributed by atoms with van der Waals surface area (Å²) in [4.78, 5) is 17.7. The molecule has 5 heteroatoms. The van der Waals surface area contributed by atoms with Crippen LogP contribution in [0, 0.1) is 0 Å². The van der Waals surface area contributed by atoms with Gasteiger partial charge in [0.15, 0.2) is 0 Å². The van der Waals surface area contributed by atoms with E-state index in [1.54, 1.807) is 6.20 Å². The van der Waals surface area contributed by atoms with Crippen LogP contribution in [0.1, 0.15) is 12.5 Å². The molecular weight excluding hydrogens is 266 g/mol. The number of pyridine rings is 1. The summed E-state index contributed by atoms with van der Waals surface area (Å²) >= 11 is 0. The summed E-state index contributed by atoms with van der Waals surface area (Å²) in [7, 11) is 1.33. The molecule has 2 rings (SSSR count). The minimum atomic E-state index is -0.499. The van der Waals surface area contributed by atoms with Crippen LogP contribution in [-0.2, 0) is 11.3 Å². The number of methoxy groups -OCH3 is 1. The van der Waals surface area contributed by atoms with Crippen molar-refractivity contribution in [3.05, 3.63) is 54.2 Å². The normalized spacial score (nSPS) is 10.0. The summed E-state index contributed by atoms with van der Waals surface area (Å²) in [6.07, 6.45) is 1.13. The van der Waals surface area contributed by atoms with Crippen LogP contribution in [0.2, 0.25) is 0 Å². The van der Waals surface area contributed by atoms with Crippen molar-refractivity contribution in [2.24, 2.45) is 0 Å². The molecule has 0 fully saturated rings. The molecule has 110 valence electrons. The number of ether oxygens (including phenoxy) is 1. The van der Waals surface area contributed by atoms with Gasteiger partial charge in [0.1, 0.15) is 5.82 Å². The first-order valence-corrected chi connectivity index (χ1v) is 6.83. The Bertz CT molecular complexity index is 570. The molecule has 1 heterocycles. The van der Waals surface area contributed by atoms with Gasteiger partial charge in [-0.05, 0) is 24.6 Å². The van der Waals surface area contributed by atoms with Gasteiger partial charge in [0.2, 0.25) is 0 Å². The second-order valence-corrected chi connectivity index (χ2v) is 4.52. The van der Waals surface area contributed by atoms with Crippen molar-refractivity contribution < 1.29 is 9.53 Å². The third kappa shape index (κ3) is 4.21. The van der Waals surface area contributed by atoms with Gasteiger partial charge in [-0.3, -0.25) is 5.32 Å². The highest BCUT2D eigenvalue weighted by Gasteiger charge is 2.07. The Labute approximate surface area is 124 Å². The second-order valence-electron chi connectivity index (χ2n) is 4.52. The zero-order valence-electron chi connectivity index (χ0n) is 12.2.